The molecule has 0 saturated heterocycles. The summed E-state index contributed by atoms with van der Waals surface area (Å²) in [6.07, 6.45) is 3.56. The van der Waals surface area contributed by atoms with Crippen LogP contribution in [0, 0.1) is 0 Å². The van der Waals surface area contributed by atoms with Crippen LogP contribution in [0.15, 0.2) is 12.5 Å². The molecule has 0 bridgehead atoms. The Hall–Kier alpha value is -1.53. The highest BCUT2D eigenvalue weighted by atomic mass is 16.3. The lowest BCUT2D eigenvalue weighted by molar-refractivity contribution is 0.275. The lowest BCUT2D eigenvalue weighted by Crippen LogP contribution is -2.13. The zero-order chi connectivity index (χ0) is 9.97. The highest BCUT2D eigenvalue weighted by Gasteiger charge is 2.10. The van der Waals surface area contributed by atoms with Gasteiger partial charge in [-0.15, -0.1) is 0 Å². The van der Waals surface area contributed by atoms with E-state index in [1.54, 1.807) is 6.20 Å². The van der Waals surface area contributed by atoms with Crippen molar-refractivity contribution in [2.75, 3.05) is 6.61 Å². The van der Waals surface area contributed by atoms with Crippen LogP contribution in [0.4, 0.5) is 0 Å². The predicted molar refractivity (Wildman–Crippen MR) is 50.3 cm³/mol. The Morgan fingerprint density at radius 3 is 3.14 bits per heavy atom. The summed E-state index contributed by atoms with van der Waals surface area (Å²) in [4.78, 5) is 15.0. The monoisotopic (exact) mass is 193 g/mol. The summed E-state index contributed by atoms with van der Waals surface area (Å²) in [7, 11) is 0. The molecule has 2 aromatic heterocycles. The standard InChI is InChI=1S/C8H11N5O/c9-5(1-2-14)7-12-6-3-10-4-11-8(6)13-7/h3-5,14H,1-2,9H2,(H,10,11,12,13). The predicted octanol–water partition coefficient (Wildman–Crippen LogP) is -0.265. The van der Waals surface area contributed by atoms with Gasteiger partial charge in [0.05, 0.1) is 12.2 Å². The number of aliphatic hydroxyl groups excluding tert-OH is 1. The summed E-state index contributed by atoms with van der Waals surface area (Å²) in [5.41, 5.74) is 7.13. The first kappa shape index (κ1) is 9.04. The van der Waals surface area contributed by atoms with E-state index in [-0.39, 0.29) is 12.6 Å². The number of nitrogens with two attached hydrogens (primary N) is 1. The topological polar surface area (TPSA) is 101 Å². The molecule has 0 amide bonds. The first-order chi connectivity index (χ1) is 6.81. The molecule has 0 aromatic carbocycles. The summed E-state index contributed by atoms with van der Waals surface area (Å²) >= 11 is 0. The highest BCUT2D eigenvalue weighted by Crippen LogP contribution is 2.13. The van der Waals surface area contributed by atoms with Crippen LogP contribution in [-0.2, 0) is 0 Å². The summed E-state index contributed by atoms with van der Waals surface area (Å²) in [5, 5.41) is 8.72. The molecule has 0 aliphatic heterocycles. The third-order valence-electron chi connectivity index (χ3n) is 1.97. The summed E-state index contributed by atoms with van der Waals surface area (Å²) in [5.74, 6) is 0.634. The van der Waals surface area contributed by atoms with Gasteiger partial charge in [-0.25, -0.2) is 15.0 Å². The van der Waals surface area contributed by atoms with Gasteiger partial charge >= 0.3 is 0 Å². The third-order valence-corrected chi connectivity index (χ3v) is 1.97. The fourth-order valence-corrected chi connectivity index (χ4v) is 1.23. The number of hydrogen-bond acceptors (Lipinski definition) is 5. The van der Waals surface area contributed by atoms with Gasteiger partial charge in [0, 0.05) is 6.61 Å². The zero-order valence-electron chi connectivity index (χ0n) is 7.51. The van der Waals surface area contributed by atoms with Gasteiger partial charge in [0.2, 0.25) is 0 Å². The summed E-state index contributed by atoms with van der Waals surface area (Å²) in [6.45, 7) is 0.0455. The maximum atomic E-state index is 8.72. The van der Waals surface area contributed by atoms with E-state index in [0.29, 0.717) is 17.9 Å². The quantitative estimate of drug-likeness (QED) is 0.623. The van der Waals surface area contributed by atoms with E-state index < -0.39 is 0 Å². The normalized spacial score (nSPS) is 13.3. The van der Waals surface area contributed by atoms with Crippen molar-refractivity contribution in [3.05, 3.63) is 18.3 Å². The highest BCUT2D eigenvalue weighted by molar-refractivity contribution is 5.68. The summed E-state index contributed by atoms with van der Waals surface area (Å²) < 4.78 is 0. The van der Waals surface area contributed by atoms with Crippen molar-refractivity contribution in [1.29, 1.82) is 0 Å². The molecular formula is C8H11N5O. The van der Waals surface area contributed by atoms with E-state index >= 15 is 0 Å². The van der Waals surface area contributed by atoms with Crippen molar-refractivity contribution < 1.29 is 5.11 Å². The molecule has 74 valence electrons. The number of hydrogen-bond donors (Lipinski definition) is 3. The van der Waals surface area contributed by atoms with Crippen molar-refractivity contribution >= 4 is 11.2 Å². The molecule has 2 heterocycles. The van der Waals surface area contributed by atoms with Crippen molar-refractivity contribution in [3.63, 3.8) is 0 Å². The van der Waals surface area contributed by atoms with Crippen molar-refractivity contribution in [3.8, 4) is 0 Å². The number of rotatable bonds is 3. The molecule has 2 rings (SSSR count). The van der Waals surface area contributed by atoms with E-state index in [0.717, 1.165) is 5.52 Å². The molecule has 0 saturated carbocycles. The molecule has 2 aromatic rings. The maximum Gasteiger partial charge on any atom is 0.180 e. The molecule has 0 spiro atoms. The largest absolute Gasteiger partial charge is 0.396 e. The van der Waals surface area contributed by atoms with Crippen LogP contribution in [0.1, 0.15) is 18.3 Å². The Labute approximate surface area is 80.2 Å². The van der Waals surface area contributed by atoms with Crippen molar-refractivity contribution in [2.45, 2.75) is 12.5 Å². The fourth-order valence-electron chi connectivity index (χ4n) is 1.23. The van der Waals surface area contributed by atoms with Crippen molar-refractivity contribution in [1.82, 2.24) is 19.9 Å². The van der Waals surface area contributed by atoms with Crippen LogP contribution in [0.3, 0.4) is 0 Å². The second-order valence-electron chi connectivity index (χ2n) is 3.00. The minimum atomic E-state index is -0.283. The van der Waals surface area contributed by atoms with Crippen LogP contribution in [0.5, 0.6) is 0 Å². The van der Waals surface area contributed by atoms with E-state index in [1.165, 1.54) is 6.33 Å². The smallest absolute Gasteiger partial charge is 0.180 e. The Morgan fingerprint density at radius 1 is 1.57 bits per heavy atom. The molecular weight excluding hydrogens is 182 g/mol. The number of aliphatic hydroxyl groups is 1. The number of aromatic nitrogens is 4. The van der Waals surface area contributed by atoms with Gasteiger partial charge in [-0.2, -0.15) is 0 Å². The van der Waals surface area contributed by atoms with Gasteiger partial charge in [-0.1, -0.05) is 0 Å². The minimum Gasteiger partial charge on any atom is -0.396 e. The van der Waals surface area contributed by atoms with Gasteiger partial charge in [0.1, 0.15) is 17.7 Å². The van der Waals surface area contributed by atoms with E-state index in [4.69, 9.17) is 10.8 Å². The van der Waals surface area contributed by atoms with Crippen molar-refractivity contribution in [2.24, 2.45) is 5.73 Å². The first-order valence-electron chi connectivity index (χ1n) is 4.33. The molecule has 0 aliphatic carbocycles. The molecule has 4 N–H and O–H groups in total. The number of fused-ring (bicyclic) bond motifs is 1. The van der Waals surface area contributed by atoms with Crippen LogP contribution in [0.2, 0.25) is 0 Å². The van der Waals surface area contributed by atoms with Crippen LogP contribution in [0.25, 0.3) is 11.2 Å². The number of nitrogens with one attached hydrogen (secondary N) is 1. The number of H-pyrrole nitrogens is 1. The molecule has 6 heteroatoms. The molecule has 0 radical (unpaired) electrons. The van der Waals surface area contributed by atoms with Crippen LogP contribution in [-0.4, -0.2) is 31.6 Å². The molecule has 1 unspecified atom stereocenters. The van der Waals surface area contributed by atoms with Gasteiger partial charge in [-0.05, 0) is 6.42 Å². The lowest BCUT2D eigenvalue weighted by atomic mass is 10.2. The maximum absolute atomic E-state index is 8.72. The van der Waals surface area contributed by atoms with E-state index in [1.807, 2.05) is 0 Å². The number of nitrogens with zero attached hydrogens (tertiary/aromatic N) is 3. The molecule has 1 atom stereocenters. The average molecular weight is 193 g/mol. The van der Waals surface area contributed by atoms with E-state index in [9.17, 15) is 0 Å². The van der Waals surface area contributed by atoms with Crippen LogP contribution < -0.4 is 5.73 Å². The Bertz CT molecular complexity index is 393. The van der Waals surface area contributed by atoms with E-state index in [2.05, 4.69) is 19.9 Å². The minimum absolute atomic E-state index is 0.0455. The van der Waals surface area contributed by atoms with Gasteiger partial charge in [0.25, 0.3) is 0 Å². The summed E-state index contributed by atoms with van der Waals surface area (Å²) in [6, 6.07) is -0.283. The molecule has 14 heavy (non-hydrogen) atoms. The number of imidazole rings is 1. The van der Waals surface area contributed by atoms with Gasteiger partial charge in [0.15, 0.2) is 5.65 Å². The average Bonchev–Trinajstić information content (AvgIpc) is 2.61. The lowest BCUT2D eigenvalue weighted by Gasteiger charge is -2.04. The Morgan fingerprint density at radius 2 is 2.43 bits per heavy atom. The second kappa shape index (κ2) is 3.69. The van der Waals surface area contributed by atoms with Crippen LogP contribution >= 0.6 is 0 Å². The second-order valence-corrected chi connectivity index (χ2v) is 3.00. The SMILES string of the molecule is NC(CCO)c1nc2ncncc2[nH]1. The first-order valence-corrected chi connectivity index (χ1v) is 4.33. The van der Waals surface area contributed by atoms with Gasteiger partial charge < -0.3 is 15.8 Å². The Balaban J connectivity index is 2.35. The zero-order valence-corrected chi connectivity index (χ0v) is 7.51. The molecule has 0 aliphatic rings. The number of aromatic amines is 1. The fraction of sp³-hybridized carbons (Fsp3) is 0.375. The third kappa shape index (κ3) is 1.57. The molecule has 6 nitrogen and oxygen atoms in total. The van der Waals surface area contributed by atoms with Gasteiger partial charge in [-0.3, -0.25) is 0 Å². The Kier molecular flexibility index (Phi) is 2.38. The molecule has 0 fully saturated rings.